The summed E-state index contributed by atoms with van der Waals surface area (Å²) in [5.41, 5.74) is 0.313. The predicted molar refractivity (Wildman–Crippen MR) is 95.3 cm³/mol. The summed E-state index contributed by atoms with van der Waals surface area (Å²) in [5, 5.41) is 5.49. The lowest BCUT2D eigenvalue weighted by Crippen LogP contribution is -2.35. The van der Waals surface area contributed by atoms with Crippen LogP contribution in [0.2, 0.25) is 0 Å². The fourth-order valence-electron chi connectivity index (χ4n) is 3.17. The topological polar surface area (TPSA) is 66.9 Å². The molecule has 1 heterocycles. The van der Waals surface area contributed by atoms with Gasteiger partial charge >= 0.3 is 0 Å². The quantitative estimate of drug-likeness (QED) is 0.611. The number of amides is 1. The molecule has 1 saturated carbocycles. The maximum absolute atomic E-state index is 13.8. The number of aryl methyl sites for hydroxylation is 1. The molecule has 144 valence electrons. The lowest BCUT2D eigenvalue weighted by Gasteiger charge is -2.16. The predicted octanol–water partition coefficient (Wildman–Crippen LogP) is 4.40. The van der Waals surface area contributed by atoms with E-state index in [0.717, 1.165) is 37.8 Å². The third kappa shape index (κ3) is 4.75. The van der Waals surface area contributed by atoms with Crippen molar-refractivity contribution in [2.24, 2.45) is 0 Å². The standard InChI is InChI=1S/C19H21F3N4O/c1-11-10-15(18(27)24-12-6-4-2-3-5-7-12)26-19(23-11)25-14-9-8-13(20)16(21)17(14)22/h8-10,12H,2-7H2,1H3,(H,24,27)(H,23,25,26). The van der Waals surface area contributed by atoms with E-state index in [0.29, 0.717) is 5.69 Å². The van der Waals surface area contributed by atoms with E-state index in [1.807, 2.05) is 0 Å². The molecule has 3 rings (SSSR count). The third-order valence-electron chi connectivity index (χ3n) is 4.56. The molecule has 1 aliphatic rings. The molecule has 2 N–H and O–H groups in total. The highest BCUT2D eigenvalue weighted by Gasteiger charge is 2.19. The monoisotopic (exact) mass is 378 g/mol. The van der Waals surface area contributed by atoms with Gasteiger partial charge in [0.1, 0.15) is 5.69 Å². The maximum atomic E-state index is 13.8. The zero-order valence-electron chi connectivity index (χ0n) is 15.0. The summed E-state index contributed by atoms with van der Waals surface area (Å²) < 4.78 is 40.3. The summed E-state index contributed by atoms with van der Waals surface area (Å²) in [6, 6.07) is 3.48. The molecule has 0 spiro atoms. The van der Waals surface area contributed by atoms with Crippen LogP contribution >= 0.6 is 0 Å². The molecular weight excluding hydrogens is 357 g/mol. The minimum Gasteiger partial charge on any atom is -0.348 e. The van der Waals surface area contributed by atoms with E-state index < -0.39 is 17.5 Å². The molecule has 0 radical (unpaired) electrons. The van der Waals surface area contributed by atoms with Crippen LogP contribution in [-0.2, 0) is 0 Å². The Bertz CT molecular complexity index is 836. The van der Waals surface area contributed by atoms with Gasteiger partial charge in [-0.3, -0.25) is 4.79 Å². The minimum absolute atomic E-state index is 0.0640. The highest BCUT2D eigenvalue weighted by Crippen LogP contribution is 2.22. The van der Waals surface area contributed by atoms with E-state index in [2.05, 4.69) is 20.6 Å². The van der Waals surface area contributed by atoms with E-state index >= 15 is 0 Å². The van der Waals surface area contributed by atoms with Gasteiger partial charge in [-0.05, 0) is 38.0 Å². The number of rotatable bonds is 4. The Morgan fingerprint density at radius 1 is 1.04 bits per heavy atom. The van der Waals surface area contributed by atoms with Gasteiger partial charge in [0.05, 0.1) is 5.69 Å². The van der Waals surface area contributed by atoms with Crippen molar-refractivity contribution in [2.75, 3.05) is 5.32 Å². The highest BCUT2D eigenvalue weighted by molar-refractivity contribution is 5.92. The normalized spacial score (nSPS) is 15.3. The average Bonchev–Trinajstić information content (AvgIpc) is 2.90. The van der Waals surface area contributed by atoms with Crippen LogP contribution in [0, 0.1) is 24.4 Å². The molecule has 0 bridgehead atoms. The summed E-state index contributed by atoms with van der Waals surface area (Å²) >= 11 is 0. The van der Waals surface area contributed by atoms with Gasteiger partial charge in [0.25, 0.3) is 5.91 Å². The Morgan fingerprint density at radius 3 is 2.44 bits per heavy atom. The lowest BCUT2D eigenvalue weighted by molar-refractivity contribution is 0.0928. The number of carbonyl (C=O) groups excluding carboxylic acids is 1. The second-order valence-electron chi connectivity index (χ2n) is 6.73. The number of nitrogens with zero attached hydrogens (tertiary/aromatic N) is 2. The summed E-state index contributed by atoms with van der Waals surface area (Å²) in [6.07, 6.45) is 6.37. The van der Waals surface area contributed by atoms with E-state index in [-0.39, 0.29) is 29.3 Å². The van der Waals surface area contributed by atoms with Crippen molar-refractivity contribution in [1.82, 2.24) is 15.3 Å². The number of halogens is 3. The van der Waals surface area contributed by atoms with Crippen molar-refractivity contribution < 1.29 is 18.0 Å². The van der Waals surface area contributed by atoms with Gasteiger partial charge in [-0.1, -0.05) is 25.7 Å². The van der Waals surface area contributed by atoms with Gasteiger partial charge in [0.15, 0.2) is 17.5 Å². The van der Waals surface area contributed by atoms with E-state index in [4.69, 9.17) is 0 Å². The van der Waals surface area contributed by atoms with Crippen LogP contribution in [-0.4, -0.2) is 21.9 Å². The Labute approximate surface area is 155 Å². The molecule has 1 amide bonds. The zero-order chi connectivity index (χ0) is 19.4. The summed E-state index contributed by atoms with van der Waals surface area (Å²) in [4.78, 5) is 20.7. The number of hydrogen-bond acceptors (Lipinski definition) is 4. The van der Waals surface area contributed by atoms with Crippen LogP contribution in [0.1, 0.15) is 54.7 Å². The number of carbonyl (C=O) groups is 1. The second kappa shape index (κ2) is 8.37. The lowest BCUT2D eigenvalue weighted by atomic mass is 10.1. The molecule has 27 heavy (non-hydrogen) atoms. The zero-order valence-corrected chi connectivity index (χ0v) is 15.0. The SMILES string of the molecule is Cc1cc(C(=O)NC2CCCCCC2)nc(Nc2ccc(F)c(F)c2F)n1. The molecule has 1 aliphatic carbocycles. The summed E-state index contributed by atoms with van der Waals surface area (Å²) in [7, 11) is 0. The van der Waals surface area contributed by atoms with Gasteiger partial charge < -0.3 is 10.6 Å². The fourth-order valence-corrected chi connectivity index (χ4v) is 3.17. The van der Waals surface area contributed by atoms with Gasteiger partial charge in [-0.2, -0.15) is 0 Å². The largest absolute Gasteiger partial charge is 0.348 e. The highest BCUT2D eigenvalue weighted by atomic mass is 19.2. The van der Waals surface area contributed by atoms with Crippen LogP contribution in [0.4, 0.5) is 24.8 Å². The van der Waals surface area contributed by atoms with Crippen molar-refractivity contribution in [3.8, 4) is 0 Å². The molecule has 1 aromatic heterocycles. The number of hydrogen-bond donors (Lipinski definition) is 2. The Morgan fingerprint density at radius 2 is 1.74 bits per heavy atom. The molecular formula is C19H21F3N4O. The van der Waals surface area contributed by atoms with Crippen LogP contribution in [0.15, 0.2) is 18.2 Å². The third-order valence-corrected chi connectivity index (χ3v) is 4.56. The Kier molecular flexibility index (Phi) is 5.93. The molecule has 0 aliphatic heterocycles. The van der Waals surface area contributed by atoms with Crippen LogP contribution < -0.4 is 10.6 Å². The van der Waals surface area contributed by atoms with Crippen molar-refractivity contribution in [3.05, 3.63) is 47.0 Å². The maximum Gasteiger partial charge on any atom is 0.270 e. The molecule has 0 saturated heterocycles. The van der Waals surface area contributed by atoms with Gasteiger partial charge in [-0.25, -0.2) is 23.1 Å². The molecule has 8 heteroatoms. The van der Waals surface area contributed by atoms with Crippen molar-refractivity contribution in [1.29, 1.82) is 0 Å². The number of anilines is 2. The second-order valence-corrected chi connectivity index (χ2v) is 6.73. The van der Waals surface area contributed by atoms with Gasteiger partial charge in [0, 0.05) is 11.7 Å². The van der Waals surface area contributed by atoms with Crippen LogP contribution in [0.3, 0.4) is 0 Å². The molecule has 0 unspecified atom stereocenters. The summed E-state index contributed by atoms with van der Waals surface area (Å²) in [6.45, 7) is 1.66. The number of benzene rings is 1. The van der Waals surface area contributed by atoms with Crippen molar-refractivity contribution in [2.45, 2.75) is 51.5 Å². The fraction of sp³-hybridized carbons (Fsp3) is 0.421. The summed E-state index contributed by atoms with van der Waals surface area (Å²) in [5.74, 6) is -4.64. The van der Waals surface area contributed by atoms with Gasteiger partial charge in [0.2, 0.25) is 5.95 Å². The molecule has 1 fully saturated rings. The van der Waals surface area contributed by atoms with E-state index in [9.17, 15) is 18.0 Å². The van der Waals surface area contributed by atoms with Crippen molar-refractivity contribution >= 4 is 17.5 Å². The molecule has 0 atom stereocenters. The average molecular weight is 378 g/mol. The van der Waals surface area contributed by atoms with Crippen LogP contribution in [0.5, 0.6) is 0 Å². The Hall–Kier alpha value is -2.64. The molecule has 1 aromatic carbocycles. The first-order valence-electron chi connectivity index (χ1n) is 9.01. The molecule has 5 nitrogen and oxygen atoms in total. The first kappa shape index (κ1) is 19.1. The minimum atomic E-state index is -1.58. The number of nitrogens with one attached hydrogen (secondary N) is 2. The number of aromatic nitrogens is 2. The smallest absolute Gasteiger partial charge is 0.270 e. The Balaban J connectivity index is 1.77. The van der Waals surface area contributed by atoms with Gasteiger partial charge in [-0.15, -0.1) is 0 Å². The molecule has 2 aromatic rings. The van der Waals surface area contributed by atoms with E-state index in [1.165, 1.54) is 18.9 Å². The first-order valence-corrected chi connectivity index (χ1v) is 9.01. The van der Waals surface area contributed by atoms with Crippen molar-refractivity contribution in [3.63, 3.8) is 0 Å². The van der Waals surface area contributed by atoms with E-state index in [1.54, 1.807) is 6.92 Å². The van der Waals surface area contributed by atoms with Crippen LogP contribution in [0.25, 0.3) is 0 Å². The first-order chi connectivity index (χ1) is 12.9.